The molecule has 0 unspecified atom stereocenters. The fourth-order valence-electron chi connectivity index (χ4n) is 3.01. The third-order valence-corrected chi connectivity index (χ3v) is 4.67. The Morgan fingerprint density at radius 1 is 0.706 bits per heavy atom. The summed E-state index contributed by atoms with van der Waals surface area (Å²) in [6, 6.07) is 13.2. The number of methoxy groups -OCH3 is 2. The molecule has 0 bridgehead atoms. The van der Waals surface area contributed by atoms with Crippen LogP contribution in [0.1, 0.15) is 20.7 Å². The van der Waals surface area contributed by atoms with E-state index in [1.807, 2.05) is 0 Å². The predicted molar refractivity (Wildman–Crippen MR) is 122 cm³/mol. The van der Waals surface area contributed by atoms with Gasteiger partial charge in [0.25, 0.3) is 23.2 Å². The molecule has 0 aliphatic heterocycles. The standard InChI is InChI=1S/C22H18N4O8/c1-33-19-8-6-15(25(29)30)11-17(19)23-21(27)13-4-3-5-14(10-13)22(28)24-18-12-16(26(31)32)7-9-20(18)34-2/h3-12H,1-2H3,(H,23,27)(H,24,28). The number of hydrogen-bond donors (Lipinski definition) is 2. The van der Waals surface area contributed by atoms with Crippen molar-refractivity contribution in [3.8, 4) is 11.5 Å². The fraction of sp³-hybridized carbons (Fsp3) is 0.0909. The van der Waals surface area contributed by atoms with Crippen molar-refractivity contribution < 1.29 is 28.9 Å². The van der Waals surface area contributed by atoms with Crippen LogP contribution in [0.5, 0.6) is 11.5 Å². The van der Waals surface area contributed by atoms with Crippen molar-refractivity contribution >= 4 is 34.6 Å². The van der Waals surface area contributed by atoms with Crippen molar-refractivity contribution in [2.45, 2.75) is 0 Å². The molecule has 0 aromatic heterocycles. The van der Waals surface area contributed by atoms with E-state index in [9.17, 15) is 29.8 Å². The predicted octanol–water partition coefficient (Wildman–Crippen LogP) is 4.02. The fourth-order valence-corrected chi connectivity index (χ4v) is 3.01. The molecule has 2 amide bonds. The van der Waals surface area contributed by atoms with Crippen LogP contribution in [0.15, 0.2) is 60.7 Å². The third kappa shape index (κ3) is 5.24. The van der Waals surface area contributed by atoms with Crippen molar-refractivity contribution in [1.29, 1.82) is 0 Å². The van der Waals surface area contributed by atoms with Gasteiger partial charge in [-0.2, -0.15) is 0 Å². The van der Waals surface area contributed by atoms with Crippen molar-refractivity contribution in [1.82, 2.24) is 0 Å². The van der Waals surface area contributed by atoms with Gasteiger partial charge in [-0.05, 0) is 30.3 Å². The van der Waals surface area contributed by atoms with Crippen LogP contribution < -0.4 is 20.1 Å². The zero-order chi connectivity index (χ0) is 24.8. The number of amides is 2. The summed E-state index contributed by atoms with van der Waals surface area (Å²) in [5.41, 5.74) is -0.138. The highest BCUT2D eigenvalue weighted by Gasteiger charge is 2.18. The molecule has 3 aromatic carbocycles. The molecule has 0 aliphatic carbocycles. The summed E-state index contributed by atoms with van der Waals surface area (Å²) >= 11 is 0. The van der Waals surface area contributed by atoms with E-state index in [4.69, 9.17) is 9.47 Å². The summed E-state index contributed by atoms with van der Waals surface area (Å²) in [6.45, 7) is 0. The molecule has 0 saturated carbocycles. The number of nitrogens with zero attached hydrogens (tertiary/aromatic N) is 2. The Morgan fingerprint density at radius 3 is 1.47 bits per heavy atom. The lowest BCUT2D eigenvalue weighted by atomic mass is 10.1. The van der Waals surface area contributed by atoms with E-state index in [0.29, 0.717) is 0 Å². The maximum atomic E-state index is 12.8. The topological polar surface area (TPSA) is 163 Å². The van der Waals surface area contributed by atoms with Crippen LogP contribution >= 0.6 is 0 Å². The van der Waals surface area contributed by atoms with Gasteiger partial charge in [-0.15, -0.1) is 0 Å². The molecule has 2 N–H and O–H groups in total. The highest BCUT2D eigenvalue weighted by Crippen LogP contribution is 2.30. The molecule has 0 radical (unpaired) electrons. The minimum absolute atomic E-state index is 0.0814. The van der Waals surface area contributed by atoms with E-state index in [1.54, 1.807) is 0 Å². The van der Waals surface area contributed by atoms with E-state index >= 15 is 0 Å². The zero-order valence-corrected chi connectivity index (χ0v) is 17.9. The number of non-ortho nitro benzene ring substituents is 2. The van der Waals surface area contributed by atoms with Gasteiger partial charge in [-0.25, -0.2) is 0 Å². The van der Waals surface area contributed by atoms with E-state index < -0.39 is 21.7 Å². The first-order valence-corrected chi connectivity index (χ1v) is 9.61. The maximum absolute atomic E-state index is 12.8. The molecule has 3 aromatic rings. The molecular formula is C22H18N4O8. The van der Waals surface area contributed by atoms with Gasteiger partial charge in [0.15, 0.2) is 0 Å². The second-order valence-electron chi connectivity index (χ2n) is 6.77. The van der Waals surface area contributed by atoms with Gasteiger partial charge in [-0.1, -0.05) is 6.07 Å². The molecular weight excluding hydrogens is 448 g/mol. The summed E-state index contributed by atoms with van der Waals surface area (Å²) in [4.78, 5) is 46.4. The molecule has 12 nitrogen and oxygen atoms in total. The first-order valence-electron chi connectivity index (χ1n) is 9.61. The largest absolute Gasteiger partial charge is 0.495 e. The second-order valence-corrected chi connectivity index (χ2v) is 6.77. The number of carbonyl (C=O) groups is 2. The molecule has 12 heteroatoms. The van der Waals surface area contributed by atoms with Gasteiger partial charge < -0.3 is 20.1 Å². The Kier molecular flexibility index (Phi) is 7.01. The molecule has 0 spiro atoms. The Bertz CT molecular complexity index is 1200. The number of benzene rings is 3. The molecule has 0 heterocycles. The van der Waals surface area contributed by atoms with Crippen LogP contribution in [0, 0.1) is 20.2 Å². The maximum Gasteiger partial charge on any atom is 0.271 e. The van der Waals surface area contributed by atoms with Gasteiger partial charge in [0.2, 0.25) is 0 Å². The first-order chi connectivity index (χ1) is 16.2. The van der Waals surface area contributed by atoms with Crippen LogP contribution in [0.4, 0.5) is 22.7 Å². The Morgan fingerprint density at radius 2 is 1.12 bits per heavy atom. The average molecular weight is 466 g/mol. The third-order valence-electron chi connectivity index (χ3n) is 4.67. The van der Waals surface area contributed by atoms with Crippen molar-refractivity contribution in [3.05, 3.63) is 92.0 Å². The number of ether oxygens (including phenoxy) is 2. The molecule has 34 heavy (non-hydrogen) atoms. The molecule has 0 aliphatic rings. The lowest BCUT2D eigenvalue weighted by Gasteiger charge is -2.12. The lowest BCUT2D eigenvalue weighted by Crippen LogP contribution is -2.16. The average Bonchev–Trinajstić information content (AvgIpc) is 2.83. The zero-order valence-electron chi connectivity index (χ0n) is 17.9. The Balaban J connectivity index is 1.84. The minimum atomic E-state index is -0.638. The number of hydrogen-bond acceptors (Lipinski definition) is 8. The van der Waals surface area contributed by atoms with Gasteiger partial charge in [0.1, 0.15) is 11.5 Å². The van der Waals surface area contributed by atoms with Crippen LogP contribution in [0.25, 0.3) is 0 Å². The smallest absolute Gasteiger partial charge is 0.271 e. The van der Waals surface area contributed by atoms with E-state index in [0.717, 1.165) is 12.1 Å². The first kappa shape index (κ1) is 23.7. The molecule has 3 rings (SSSR count). The number of nitrogens with one attached hydrogen (secondary N) is 2. The monoisotopic (exact) mass is 466 g/mol. The molecule has 0 atom stereocenters. The summed E-state index contributed by atoms with van der Waals surface area (Å²) < 4.78 is 10.3. The quantitative estimate of drug-likeness (QED) is 0.371. The minimum Gasteiger partial charge on any atom is -0.495 e. The number of carbonyl (C=O) groups excluding carboxylic acids is 2. The highest BCUT2D eigenvalue weighted by molar-refractivity contribution is 6.09. The van der Waals surface area contributed by atoms with E-state index in [-0.39, 0.29) is 45.4 Å². The summed E-state index contributed by atoms with van der Waals surface area (Å²) in [7, 11) is 2.70. The second kappa shape index (κ2) is 10.1. The molecule has 0 fully saturated rings. The van der Waals surface area contributed by atoms with Gasteiger partial charge >= 0.3 is 0 Å². The number of nitro groups is 2. The van der Waals surface area contributed by atoms with Gasteiger partial charge in [0, 0.05) is 35.4 Å². The van der Waals surface area contributed by atoms with Crippen LogP contribution in [0.3, 0.4) is 0 Å². The summed E-state index contributed by atoms with van der Waals surface area (Å²) in [6.07, 6.45) is 0. The number of nitro benzene ring substituents is 2. The number of anilines is 2. The van der Waals surface area contributed by atoms with Crippen molar-refractivity contribution in [3.63, 3.8) is 0 Å². The van der Waals surface area contributed by atoms with Gasteiger partial charge in [0.05, 0.1) is 35.4 Å². The van der Waals surface area contributed by atoms with Crippen LogP contribution in [-0.4, -0.2) is 35.9 Å². The van der Waals surface area contributed by atoms with Gasteiger partial charge in [-0.3, -0.25) is 29.8 Å². The van der Waals surface area contributed by atoms with Crippen LogP contribution in [-0.2, 0) is 0 Å². The van der Waals surface area contributed by atoms with Crippen LogP contribution in [0.2, 0.25) is 0 Å². The lowest BCUT2D eigenvalue weighted by molar-refractivity contribution is -0.385. The Hall–Kier alpha value is -5.00. The van der Waals surface area contributed by atoms with Crippen molar-refractivity contribution in [2.75, 3.05) is 24.9 Å². The summed E-state index contributed by atoms with van der Waals surface area (Å²) in [5.74, 6) is -0.848. The SMILES string of the molecule is COc1ccc([N+](=O)[O-])cc1NC(=O)c1cccc(C(=O)Nc2cc([N+](=O)[O-])ccc2OC)c1. The summed E-state index contributed by atoms with van der Waals surface area (Å²) in [5, 5.41) is 27.2. The Labute approximate surface area is 192 Å². The normalized spacial score (nSPS) is 10.2. The molecule has 174 valence electrons. The highest BCUT2D eigenvalue weighted by atomic mass is 16.6. The molecule has 0 saturated heterocycles. The van der Waals surface area contributed by atoms with Crippen molar-refractivity contribution in [2.24, 2.45) is 0 Å². The van der Waals surface area contributed by atoms with E-state index in [2.05, 4.69) is 10.6 Å². The number of rotatable bonds is 8. The van der Waals surface area contributed by atoms with E-state index in [1.165, 1.54) is 62.8 Å².